The fourth-order valence-electron chi connectivity index (χ4n) is 2.00. The Morgan fingerprint density at radius 2 is 2.25 bits per heavy atom. The number of aromatic nitrogens is 2. The highest BCUT2D eigenvalue weighted by Crippen LogP contribution is 2.29. The van der Waals surface area contributed by atoms with Crippen molar-refractivity contribution in [2.45, 2.75) is 19.9 Å². The molecule has 2 rings (SSSR count). The number of benzene rings is 1. The summed E-state index contributed by atoms with van der Waals surface area (Å²) >= 11 is 3.34. The molecule has 1 aromatic carbocycles. The van der Waals surface area contributed by atoms with Crippen LogP contribution in [0, 0.1) is 12.7 Å². The summed E-state index contributed by atoms with van der Waals surface area (Å²) in [6.45, 7) is 4.48. The lowest BCUT2D eigenvalue weighted by molar-refractivity contribution is 0.163. The largest absolute Gasteiger partial charge is 0.383 e. The number of halogens is 2. The van der Waals surface area contributed by atoms with Gasteiger partial charge in [-0.25, -0.2) is 9.37 Å². The second kappa shape index (κ2) is 6.37. The number of rotatable bonds is 5. The van der Waals surface area contributed by atoms with E-state index in [1.54, 1.807) is 19.2 Å². The lowest BCUT2D eigenvalue weighted by Gasteiger charge is -2.16. The van der Waals surface area contributed by atoms with Gasteiger partial charge >= 0.3 is 0 Å². The summed E-state index contributed by atoms with van der Waals surface area (Å²) in [7, 11) is 1.65. The summed E-state index contributed by atoms with van der Waals surface area (Å²) in [5.41, 5.74) is 1.24. The highest BCUT2D eigenvalue weighted by atomic mass is 79.9. The lowest BCUT2D eigenvalue weighted by atomic mass is 10.3. The number of hydrogen-bond acceptors (Lipinski definition) is 3. The Kier molecular flexibility index (Phi) is 4.77. The highest BCUT2D eigenvalue weighted by molar-refractivity contribution is 9.10. The number of methoxy groups -OCH3 is 1. The molecular weight excluding hydrogens is 325 g/mol. The van der Waals surface area contributed by atoms with Crippen molar-refractivity contribution in [3.05, 3.63) is 40.4 Å². The summed E-state index contributed by atoms with van der Waals surface area (Å²) in [5.74, 6) is 0.267. The molecule has 108 valence electrons. The maximum absolute atomic E-state index is 13.9. The number of para-hydroxylation sites is 1. The van der Waals surface area contributed by atoms with Gasteiger partial charge in [-0.15, -0.1) is 0 Å². The molecular formula is C14H17BrFN3O. The maximum atomic E-state index is 13.9. The SMILES string of the molecule is COCC(C)n1cc(C)nc1Nc1c(F)cccc1Br. The van der Waals surface area contributed by atoms with Crippen molar-refractivity contribution < 1.29 is 9.13 Å². The summed E-state index contributed by atoms with van der Waals surface area (Å²) < 4.78 is 21.6. The van der Waals surface area contributed by atoms with Gasteiger partial charge in [-0.05, 0) is 41.9 Å². The van der Waals surface area contributed by atoms with E-state index in [1.165, 1.54) is 6.07 Å². The molecule has 1 aromatic heterocycles. The first-order chi connectivity index (χ1) is 9.52. The average Bonchev–Trinajstić information content (AvgIpc) is 2.75. The molecule has 0 aliphatic rings. The molecule has 1 unspecified atom stereocenters. The third-order valence-corrected chi connectivity index (χ3v) is 3.60. The number of aryl methyl sites for hydroxylation is 1. The van der Waals surface area contributed by atoms with E-state index in [0.717, 1.165) is 5.69 Å². The van der Waals surface area contributed by atoms with Crippen LogP contribution in [0.3, 0.4) is 0 Å². The Hall–Kier alpha value is -1.40. The van der Waals surface area contributed by atoms with Crippen LogP contribution in [0.25, 0.3) is 0 Å². The van der Waals surface area contributed by atoms with Crippen LogP contribution < -0.4 is 5.32 Å². The predicted molar refractivity (Wildman–Crippen MR) is 80.9 cm³/mol. The molecule has 0 radical (unpaired) electrons. The summed E-state index contributed by atoms with van der Waals surface area (Å²) in [6, 6.07) is 4.94. The standard InChI is InChI=1S/C14H17BrFN3O/c1-9-7-19(10(2)8-20-3)14(17-9)18-13-11(15)5-4-6-12(13)16/h4-7,10H,8H2,1-3H3,(H,17,18). The van der Waals surface area contributed by atoms with E-state index in [9.17, 15) is 4.39 Å². The number of nitrogens with zero attached hydrogens (tertiary/aromatic N) is 2. The van der Waals surface area contributed by atoms with Gasteiger partial charge in [-0.1, -0.05) is 6.07 Å². The van der Waals surface area contributed by atoms with Gasteiger partial charge in [-0.2, -0.15) is 0 Å². The third kappa shape index (κ3) is 3.19. The van der Waals surface area contributed by atoms with Crippen LogP contribution in [0.4, 0.5) is 16.0 Å². The smallest absolute Gasteiger partial charge is 0.208 e. The Bertz CT molecular complexity index is 580. The van der Waals surface area contributed by atoms with Crippen molar-refractivity contribution in [1.82, 2.24) is 9.55 Å². The van der Waals surface area contributed by atoms with E-state index in [2.05, 4.69) is 26.2 Å². The van der Waals surface area contributed by atoms with E-state index < -0.39 is 0 Å². The van der Waals surface area contributed by atoms with Gasteiger partial charge in [0.25, 0.3) is 0 Å². The quantitative estimate of drug-likeness (QED) is 0.891. The topological polar surface area (TPSA) is 39.1 Å². The van der Waals surface area contributed by atoms with Gasteiger partial charge in [0.2, 0.25) is 5.95 Å². The molecule has 0 bridgehead atoms. The van der Waals surface area contributed by atoms with Crippen molar-refractivity contribution in [1.29, 1.82) is 0 Å². The van der Waals surface area contributed by atoms with Gasteiger partial charge in [0, 0.05) is 17.8 Å². The zero-order valence-electron chi connectivity index (χ0n) is 11.7. The molecule has 0 saturated heterocycles. The molecule has 0 fully saturated rings. The number of hydrogen-bond donors (Lipinski definition) is 1. The Balaban J connectivity index is 2.34. The summed E-state index contributed by atoms with van der Waals surface area (Å²) in [6.07, 6.45) is 1.92. The van der Waals surface area contributed by atoms with Crippen LogP contribution in [0.15, 0.2) is 28.9 Å². The number of ether oxygens (including phenoxy) is 1. The van der Waals surface area contributed by atoms with Gasteiger partial charge < -0.3 is 14.6 Å². The second-order valence-electron chi connectivity index (χ2n) is 4.64. The molecule has 6 heteroatoms. The monoisotopic (exact) mass is 341 g/mol. The molecule has 1 heterocycles. The second-order valence-corrected chi connectivity index (χ2v) is 5.49. The van der Waals surface area contributed by atoms with E-state index in [-0.39, 0.29) is 11.9 Å². The Morgan fingerprint density at radius 3 is 2.90 bits per heavy atom. The van der Waals surface area contributed by atoms with Crippen LogP contribution in [-0.2, 0) is 4.74 Å². The third-order valence-electron chi connectivity index (χ3n) is 2.94. The lowest BCUT2D eigenvalue weighted by Crippen LogP contribution is -2.13. The molecule has 0 aliphatic heterocycles. The van der Waals surface area contributed by atoms with Crippen molar-refractivity contribution in [2.24, 2.45) is 0 Å². The van der Waals surface area contributed by atoms with Crippen molar-refractivity contribution in [2.75, 3.05) is 19.0 Å². The van der Waals surface area contributed by atoms with Crippen LogP contribution in [0.1, 0.15) is 18.7 Å². The molecule has 2 aromatic rings. The summed E-state index contributed by atoms with van der Waals surface area (Å²) in [4.78, 5) is 4.40. The zero-order valence-corrected chi connectivity index (χ0v) is 13.2. The van der Waals surface area contributed by atoms with E-state index in [4.69, 9.17) is 4.74 Å². The van der Waals surface area contributed by atoms with Crippen molar-refractivity contribution in [3.63, 3.8) is 0 Å². The van der Waals surface area contributed by atoms with Crippen LogP contribution in [0.2, 0.25) is 0 Å². The van der Waals surface area contributed by atoms with Crippen LogP contribution in [0.5, 0.6) is 0 Å². The van der Waals surface area contributed by atoms with Gasteiger partial charge in [-0.3, -0.25) is 0 Å². The fourth-order valence-corrected chi connectivity index (χ4v) is 2.44. The first kappa shape index (κ1) is 15.0. The van der Waals surface area contributed by atoms with Crippen LogP contribution >= 0.6 is 15.9 Å². The van der Waals surface area contributed by atoms with E-state index in [1.807, 2.05) is 24.6 Å². The van der Waals surface area contributed by atoms with Gasteiger partial charge in [0.1, 0.15) is 5.82 Å². The molecule has 0 aliphatic carbocycles. The molecule has 0 amide bonds. The fraction of sp³-hybridized carbons (Fsp3) is 0.357. The van der Waals surface area contributed by atoms with Gasteiger partial charge in [0.05, 0.1) is 24.0 Å². The van der Waals surface area contributed by atoms with E-state index in [0.29, 0.717) is 22.7 Å². The summed E-state index contributed by atoms with van der Waals surface area (Å²) in [5, 5.41) is 3.04. The number of anilines is 2. The zero-order chi connectivity index (χ0) is 14.7. The molecule has 0 saturated carbocycles. The minimum absolute atomic E-state index is 0.106. The minimum Gasteiger partial charge on any atom is -0.383 e. The first-order valence-electron chi connectivity index (χ1n) is 6.28. The maximum Gasteiger partial charge on any atom is 0.208 e. The molecule has 4 nitrogen and oxygen atoms in total. The average molecular weight is 342 g/mol. The Morgan fingerprint density at radius 1 is 1.50 bits per heavy atom. The predicted octanol–water partition coefficient (Wildman–Crippen LogP) is 4.04. The van der Waals surface area contributed by atoms with E-state index >= 15 is 0 Å². The number of imidazole rings is 1. The van der Waals surface area contributed by atoms with Gasteiger partial charge in [0.15, 0.2) is 0 Å². The number of nitrogens with one attached hydrogen (secondary N) is 1. The molecule has 20 heavy (non-hydrogen) atoms. The van der Waals surface area contributed by atoms with Crippen LogP contribution in [-0.4, -0.2) is 23.3 Å². The Labute approximate surface area is 126 Å². The normalized spacial score (nSPS) is 12.4. The molecule has 0 spiro atoms. The molecule has 1 atom stereocenters. The first-order valence-corrected chi connectivity index (χ1v) is 7.07. The van der Waals surface area contributed by atoms with Crippen molar-refractivity contribution in [3.8, 4) is 0 Å². The van der Waals surface area contributed by atoms with Crippen molar-refractivity contribution >= 4 is 27.6 Å². The highest BCUT2D eigenvalue weighted by Gasteiger charge is 2.15. The minimum atomic E-state index is -0.328. The molecule has 1 N–H and O–H groups in total.